The van der Waals surface area contributed by atoms with Gasteiger partial charge in [0.25, 0.3) is 0 Å². The van der Waals surface area contributed by atoms with Crippen molar-refractivity contribution in [3.8, 4) is 0 Å². The number of piperidine rings is 1. The number of hydrogen-bond acceptors (Lipinski definition) is 6. The number of H-pyrrole nitrogens is 1. The van der Waals surface area contributed by atoms with Crippen LogP contribution in [-0.2, 0) is 0 Å². The third-order valence-corrected chi connectivity index (χ3v) is 6.59. The molecule has 2 aliphatic rings. The molecule has 0 saturated carbocycles. The third-order valence-electron chi connectivity index (χ3n) is 6.59. The lowest BCUT2D eigenvalue weighted by atomic mass is 9.97. The van der Waals surface area contributed by atoms with Crippen molar-refractivity contribution in [2.75, 3.05) is 42.9 Å². The van der Waals surface area contributed by atoms with E-state index in [1.54, 1.807) is 6.26 Å². The van der Waals surface area contributed by atoms with Gasteiger partial charge in [-0.15, -0.1) is 0 Å². The Labute approximate surface area is 177 Å². The van der Waals surface area contributed by atoms with Gasteiger partial charge in [0.15, 0.2) is 0 Å². The summed E-state index contributed by atoms with van der Waals surface area (Å²) in [6.45, 7) is 9.46. The first-order valence-corrected chi connectivity index (χ1v) is 11.3. The van der Waals surface area contributed by atoms with Crippen molar-refractivity contribution in [1.29, 1.82) is 0 Å². The zero-order chi connectivity index (χ0) is 20.5. The highest BCUT2D eigenvalue weighted by atomic mass is 16.3. The second kappa shape index (κ2) is 8.30. The molecule has 7 heteroatoms. The van der Waals surface area contributed by atoms with Gasteiger partial charge in [-0.3, -0.25) is 4.90 Å². The van der Waals surface area contributed by atoms with Gasteiger partial charge in [-0.2, -0.15) is 9.97 Å². The Hall–Kier alpha value is -2.54. The van der Waals surface area contributed by atoms with Crippen molar-refractivity contribution in [3.05, 3.63) is 35.9 Å². The van der Waals surface area contributed by atoms with E-state index >= 15 is 0 Å². The minimum absolute atomic E-state index is 0.202. The van der Waals surface area contributed by atoms with Crippen LogP contribution in [0.15, 0.2) is 28.9 Å². The van der Waals surface area contributed by atoms with Crippen LogP contribution in [0.4, 0.5) is 11.8 Å². The fourth-order valence-corrected chi connectivity index (χ4v) is 4.75. The zero-order valence-corrected chi connectivity index (χ0v) is 18.0. The number of anilines is 2. The molecular weight excluding hydrogens is 376 g/mol. The minimum Gasteiger partial charge on any atom is -0.468 e. The van der Waals surface area contributed by atoms with Gasteiger partial charge in [-0.1, -0.05) is 6.92 Å². The second-order valence-corrected chi connectivity index (χ2v) is 8.91. The first-order chi connectivity index (χ1) is 14.7. The summed E-state index contributed by atoms with van der Waals surface area (Å²) < 4.78 is 5.83. The van der Waals surface area contributed by atoms with Crippen molar-refractivity contribution in [2.24, 2.45) is 5.92 Å². The first-order valence-electron chi connectivity index (χ1n) is 11.3. The molecule has 3 aromatic heterocycles. The lowest BCUT2D eigenvalue weighted by molar-refractivity contribution is 0.129. The summed E-state index contributed by atoms with van der Waals surface area (Å²) in [5.41, 5.74) is 2.02. The SMILES string of the molecule is Cc1cc2c(NCC(c3ccco3)N3CCC(C)CC3)nc(N3CCCC3)nc2[nH]1. The Balaban J connectivity index is 1.41. The second-order valence-electron chi connectivity index (χ2n) is 8.91. The van der Waals surface area contributed by atoms with Gasteiger partial charge in [0.2, 0.25) is 5.95 Å². The topological polar surface area (TPSA) is 73.2 Å². The Morgan fingerprint density at radius 2 is 2.00 bits per heavy atom. The molecule has 0 aliphatic carbocycles. The van der Waals surface area contributed by atoms with E-state index < -0.39 is 0 Å². The predicted molar refractivity (Wildman–Crippen MR) is 120 cm³/mol. The average Bonchev–Trinajstić information content (AvgIpc) is 3.50. The molecule has 0 bridgehead atoms. The van der Waals surface area contributed by atoms with Crippen LogP contribution < -0.4 is 10.2 Å². The third kappa shape index (κ3) is 3.90. The van der Waals surface area contributed by atoms with E-state index in [2.05, 4.69) is 46.1 Å². The molecule has 2 fully saturated rings. The van der Waals surface area contributed by atoms with E-state index in [0.717, 1.165) is 72.9 Å². The number of hydrogen-bond donors (Lipinski definition) is 2. The Morgan fingerprint density at radius 3 is 2.73 bits per heavy atom. The van der Waals surface area contributed by atoms with Crippen LogP contribution >= 0.6 is 0 Å². The van der Waals surface area contributed by atoms with Gasteiger partial charge in [0.1, 0.15) is 17.2 Å². The van der Waals surface area contributed by atoms with E-state index in [1.165, 1.54) is 25.7 Å². The molecule has 2 saturated heterocycles. The summed E-state index contributed by atoms with van der Waals surface area (Å²) in [5, 5.41) is 4.72. The lowest BCUT2D eigenvalue weighted by Gasteiger charge is -2.36. The molecule has 0 amide bonds. The number of likely N-dealkylation sites (tertiary alicyclic amines) is 1. The van der Waals surface area contributed by atoms with E-state index in [0.29, 0.717) is 0 Å². The van der Waals surface area contributed by atoms with Crippen molar-refractivity contribution in [1.82, 2.24) is 19.9 Å². The maximum absolute atomic E-state index is 5.83. The number of nitrogens with one attached hydrogen (secondary N) is 2. The van der Waals surface area contributed by atoms with Crippen molar-refractivity contribution in [3.63, 3.8) is 0 Å². The summed E-state index contributed by atoms with van der Waals surface area (Å²) in [5.74, 6) is 3.56. The van der Waals surface area contributed by atoms with Crippen molar-refractivity contribution >= 4 is 22.8 Å². The number of furan rings is 1. The van der Waals surface area contributed by atoms with Gasteiger partial charge in [0, 0.05) is 25.3 Å². The normalized spacial score (nSPS) is 19.6. The van der Waals surface area contributed by atoms with Crippen LogP contribution in [0.5, 0.6) is 0 Å². The molecule has 0 spiro atoms. The highest BCUT2D eigenvalue weighted by Crippen LogP contribution is 2.30. The Bertz CT molecular complexity index is 967. The number of rotatable bonds is 6. The molecular formula is C23H32N6O. The van der Waals surface area contributed by atoms with E-state index in [1.807, 2.05) is 6.07 Å². The molecule has 3 aromatic rings. The summed E-state index contributed by atoms with van der Waals surface area (Å²) in [7, 11) is 0. The maximum atomic E-state index is 5.83. The maximum Gasteiger partial charge on any atom is 0.229 e. The number of fused-ring (bicyclic) bond motifs is 1. The molecule has 0 aromatic carbocycles. The predicted octanol–water partition coefficient (Wildman–Crippen LogP) is 4.34. The highest BCUT2D eigenvalue weighted by molar-refractivity contribution is 5.89. The van der Waals surface area contributed by atoms with Crippen LogP contribution in [0.1, 0.15) is 50.1 Å². The Morgan fingerprint density at radius 1 is 1.20 bits per heavy atom. The highest BCUT2D eigenvalue weighted by Gasteiger charge is 2.27. The fourth-order valence-electron chi connectivity index (χ4n) is 4.75. The monoisotopic (exact) mass is 408 g/mol. The quantitative estimate of drug-likeness (QED) is 0.632. The molecule has 30 heavy (non-hydrogen) atoms. The molecule has 5 rings (SSSR count). The van der Waals surface area contributed by atoms with Crippen LogP contribution in [0, 0.1) is 12.8 Å². The summed E-state index contributed by atoms with van der Waals surface area (Å²) in [4.78, 5) is 18.0. The van der Waals surface area contributed by atoms with Gasteiger partial charge in [-0.05, 0) is 69.8 Å². The summed E-state index contributed by atoms with van der Waals surface area (Å²) in [6.07, 6.45) is 6.68. The zero-order valence-electron chi connectivity index (χ0n) is 18.0. The van der Waals surface area contributed by atoms with Crippen LogP contribution in [0.3, 0.4) is 0 Å². The lowest BCUT2D eigenvalue weighted by Crippen LogP contribution is -2.39. The smallest absolute Gasteiger partial charge is 0.229 e. The molecule has 160 valence electrons. The van der Waals surface area contributed by atoms with Crippen LogP contribution in [0.25, 0.3) is 11.0 Å². The van der Waals surface area contributed by atoms with Crippen molar-refractivity contribution < 1.29 is 4.42 Å². The van der Waals surface area contributed by atoms with Gasteiger partial charge >= 0.3 is 0 Å². The van der Waals surface area contributed by atoms with Gasteiger partial charge in [0.05, 0.1) is 17.7 Å². The summed E-state index contributed by atoms with van der Waals surface area (Å²) >= 11 is 0. The molecule has 1 atom stereocenters. The van der Waals surface area contributed by atoms with Gasteiger partial charge in [-0.25, -0.2) is 0 Å². The number of nitrogens with zero attached hydrogens (tertiary/aromatic N) is 4. The summed E-state index contributed by atoms with van der Waals surface area (Å²) in [6, 6.07) is 6.41. The largest absolute Gasteiger partial charge is 0.468 e. The molecule has 7 nitrogen and oxygen atoms in total. The van der Waals surface area contributed by atoms with Crippen molar-refractivity contribution in [2.45, 2.75) is 45.6 Å². The minimum atomic E-state index is 0.202. The fraction of sp³-hybridized carbons (Fsp3) is 0.565. The van der Waals surface area contributed by atoms with Gasteiger partial charge < -0.3 is 19.6 Å². The Kier molecular flexibility index (Phi) is 5.37. The van der Waals surface area contributed by atoms with Crippen LogP contribution in [-0.4, -0.2) is 52.6 Å². The van der Waals surface area contributed by atoms with E-state index in [9.17, 15) is 0 Å². The molecule has 2 N–H and O–H groups in total. The average molecular weight is 409 g/mol. The molecule has 2 aliphatic heterocycles. The number of aryl methyl sites for hydroxylation is 1. The molecule has 1 unspecified atom stereocenters. The molecule has 0 radical (unpaired) electrons. The standard InChI is InChI=1S/C23H32N6O/c1-16-7-11-28(12-8-16)19(20-6-5-13-30-20)15-24-21-18-14-17(2)25-22(18)27-23(26-21)29-9-3-4-10-29/h5-6,13-14,16,19H,3-4,7-12,15H2,1-2H3,(H2,24,25,26,27). The van der Waals surface area contributed by atoms with E-state index in [4.69, 9.17) is 14.4 Å². The number of aromatic amines is 1. The number of aromatic nitrogens is 3. The van der Waals surface area contributed by atoms with Crippen LogP contribution in [0.2, 0.25) is 0 Å². The first kappa shape index (κ1) is 19.4. The molecule has 5 heterocycles. The van der Waals surface area contributed by atoms with E-state index in [-0.39, 0.29) is 6.04 Å².